The second-order valence-corrected chi connectivity index (χ2v) is 8.98. The van der Waals surface area contributed by atoms with E-state index in [1.54, 1.807) is 20.8 Å². The van der Waals surface area contributed by atoms with Crippen LogP contribution in [0, 0.1) is 0 Å². The fraction of sp³-hybridized carbons (Fsp3) is 0.476. The third kappa shape index (κ3) is 6.43. The molecule has 2 heterocycles. The average molecular weight is 433 g/mol. The fourth-order valence-corrected chi connectivity index (χ4v) is 3.74. The molecule has 0 radical (unpaired) electrons. The third-order valence-corrected chi connectivity index (χ3v) is 5.05. The normalized spacial score (nSPS) is 16.8. The van der Waals surface area contributed by atoms with E-state index in [-0.39, 0.29) is 18.6 Å². The van der Waals surface area contributed by atoms with Crippen LogP contribution in [-0.2, 0) is 14.3 Å². The Labute approximate surface area is 180 Å². The van der Waals surface area contributed by atoms with Crippen molar-refractivity contribution < 1.29 is 19.1 Å². The van der Waals surface area contributed by atoms with Crippen LogP contribution in [0.3, 0.4) is 0 Å². The molecule has 2 aromatic rings. The van der Waals surface area contributed by atoms with Crippen molar-refractivity contribution in [1.82, 2.24) is 10.3 Å². The van der Waals surface area contributed by atoms with Gasteiger partial charge < -0.3 is 25.0 Å². The molecule has 2 N–H and O–H groups in total. The van der Waals surface area contributed by atoms with Gasteiger partial charge in [0.25, 0.3) is 0 Å². The van der Waals surface area contributed by atoms with Crippen LogP contribution in [0.1, 0.15) is 27.7 Å². The van der Waals surface area contributed by atoms with Crippen LogP contribution >= 0.6 is 11.3 Å². The molecule has 9 heteroatoms. The summed E-state index contributed by atoms with van der Waals surface area (Å²) in [7, 11) is 0. The van der Waals surface area contributed by atoms with Crippen LogP contribution in [0.4, 0.5) is 15.6 Å². The molecule has 1 aliphatic rings. The lowest BCUT2D eigenvalue weighted by molar-refractivity contribution is -0.115. The maximum atomic E-state index is 12.1. The van der Waals surface area contributed by atoms with Crippen LogP contribution < -0.4 is 15.5 Å². The first kappa shape index (κ1) is 22.0. The summed E-state index contributed by atoms with van der Waals surface area (Å²) in [5, 5.41) is 7.52. The maximum Gasteiger partial charge on any atom is 0.408 e. The van der Waals surface area contributed by atoms with Gasteiger partial charge >= 0.3 is 6.09 Å². The Morgan fingerprint density at radius 1 is 1.37 bits per heavy atom. The Bertz CT molecular complexity index is 893. The van der Waals surface area contributed by atoms with E-state index in [4.69, 9.17) is 9.47 Å². The molecule has 1 aliphatic heterocycles. The summed E-state index contributed by atoms with van der Waals surface area (Å²) in [4.78, 5) is 30.5. The largest absolute Gasteiger partial charge is 0.444 e. The van der Waals surface area contributed by atoms with E-state index >= 15 is 0 Å². The van der Waals surface area contributed by atoms with Crippen LogP contribution in [0.2, 0.25) is 0 Å². The van der Waals surface area contributed by atoms with Gasteiger partial charge in [0.15, 0.2) is 5.13 Å². The van der Waals surface area contributed by atoms with Crippen LogP contribution in [0.25, 0.3) is 11.3 Å². The molecule has 1 atom stereocenters. The molecule has 1 saturated heterocycles. The highest BCUT2D eigenvalue weighted by atomic mass is 32.1. The number of anilines is 2. The van der Waals surface area contributed by atoms with Gasteiger partial charge in [0.1, 0.15) is 12.1 Å². The summed E-state index contributed by atoms with van der Waals surface area (Å²) in [5.74, 6) is -0.363. The monoisotopic (exact) mass is 432 g/mol. The minimum absolute atomic E-state index is 0.186. The Kier molecular flexibility index (Phi) is 6.94. The number of alkyl carbamates (subject to hydrolysis) is 1. The maximum absolute atomic E-state index is 12.1. The van der Waals surface area contributed by atoms with Gasteiger partial charge in [0, 0.05) is 29.7 Å². The van der Waals surface area contributed by atoms with E-state index in [2.05, 4.69) is 39.6 Å². The lowest BCUT2D eigenvalue weighted by Crippen LogP contribution is -2.41. The fourth-order valence-electron chi connectivity index (χ4n) is 3.01. The smallest absolute Gasteiger partial charge is 0.408 e. The first-order chi connectivity index (χ1) is 14.2. The summed E-state index contributed by atoms with van der Waals surface area (Å²) < 4.78 is 10.7. The first-order valence-electron chi connectivity index (χ1n) is 9.89. The van der Waals surface area contributed by atoms with Gasteiger partial charge in [-0.3, -0.25) is 4.79 Å². The molecular weight excluding hydrogens is 404 g/mol. The van der Waals surface area contributed by atoms with E-state index in [0.717, 1.165) is 36.6 Å². The summed E-state index contributed by atoms with van der Waals surface area (Å²) in [6.07, 6.45) is -0.426. The summed E-state index contributed by atoms with van der Waals surface area (Å²) in [6, 6.07) is 8.19. The molecule has 162 valence electrons. The Morgan fingerprint density at radius 2 is 2.17 bits per heavy atom. The topological polar surface area (TPSA) is 92.8 Å². The molecule has 30 heavy (non-hydrogen) atoms. The van der Waals surface area contributed by atoms with Gasteiger partial charge in [0.2, 0.25) is 5.91 Å². The van der Waals surface area contributed by atoms with Gasteiger partial charge in [-0.05, 0) is 39.8 Å². The highest BCUT2D eigenvalue weighted by Crippen LogP contribution is 2.28. The van der Waals surface area contributed by atoms with Crippen molar-refractivity contribution in [2.45, 2.75) is 39.4 Å². The molecule has 2 amide bonds. The predicted octanol–water partition coefficient (Wildman–Crippen LogP) is 3.50. The van der Waals surface area contributed by atoms with Crippen molar-refractivity contribution in [2.75, 3.05) is 36.5 Å². The zero-order valence-electron chi connectivity index (χ0n) is 17.7. The highest BCUT2D eigenvalue weighted by Gasteiger charge is 2.19. The molecule has 0 spiro atoms. The van der Waals surface area contributed by atoms with E-state index in [9.17, 15) is 9.59 Å². The summed E-state index contributed by atoms with van der Waals surface area (Å²) >= 11 is 1.34. The molecule has 0 unspecified atom stereocenters. The zero-order chi connectivity index (χ0) is 21.7. The van der Waals surface area contributed by atoms with Gasteiger partial charge in [0.05, 0.1) is 18.4 Å². The predicted molar refractivity (Wildman–Crippen MR) is 118 cm³/mol. The minimum Gasteiger partial charge on any atom is -0.444 e. The van der Waals surface area contributed by atoms with Crippen LogP contribution in [0.5, 0.6) is 0 Å². The van der Waals surface area contributed by atoms with Crippen LogP contribution in [0.15, 0.2) is 29.6 Å². The summed E-state index contributed by atoms with van der Waals surface area (Å²) in [6.45, 7) is 9.60. The van der Waals surface area contributed by atoms with Crippen molar-refractivity contribution >= 4 is 34.2 Å². The number of aromatic nitrogens is 1. The number of morpholine rings is 1. The standard InChI is InChI=1S/C21H28N4O4S/c1-14-12-25(8-9-28-14)16-7-5-6-15(10-16)17-13-30-19(23-17)24-18(26)11-22-20(27)29-21(2,3)4/h5-7,10,13-14H,8-9,11-12H2,1-4H3,(H,22,27)(H,23,24,26)/t14-/m1/s1. The molecule has 0 aliphatic carbocycles. The number of benzene rings is 1. The second kappa shape index (κ2) is 9.44. The lowest BCUT2D eigenvalue weighted by Gasteiger charge is -2.33. The lowest BCUT2D eigenvalue weighted by atomic mass is 10.1. The van der Waals surface area contributed by atoms with E-state index in [1.165, 1.54) is 11.3 Å². The number of hydrogen-bond donors (Lipinski definition) is 2. The second-order valence-electron chi connectivity index (χ2n) is 8.12. The van der Waals surface area contributed by atoms with Crippen molar-refractivity contribution in [3.63, 3.8) is 0 Å². The third-order valence-electron chi connectivity index (χ3n) is 4.29. The number of nitrogens with one attached hydrogen (secondary N) is 2. The van der Waals surface area contributed by atoms with E-state index in [1.807, 2.05) is 17.5 Å². The van der Waals surface area contributed by atoms with Crippen molar-refractivity contribution in [3.05, 3.63) is 29.6 Å². The van der Waals surface area contributed by atoms with Gasteiger partial charge in [-0.25, -0.2) is 9.78 Å². The van der Waals surface area contributed by atoms with Gasteiger partial charge in [-0.1, -0.05) is 12.1 Å². The number of rotatable bonds is 5. The van der Waals surface area contributed by atoms with E-state index < -0.39 is 11.7 Å². The molecule has 0 bridgehead atoms. The average Bonchev–Trinajstić information content (AvgIpc) is 3.14. The number of carbonyl (C=O) groups excluding carboxylic acids is 2. The number of hydrogen-bond acceptors (Lipinski definition) is 7. The van der Waals surface area contributed by atoms with Crippen molar-refractivity contribution in [2.24, 2.45) is 0 Å². The minimum atomic E-state index is -0.633. The quantitative estimate of drug-likeness (QED) is 0.751. The molecule has 3 rings (SSSR count). The first-order valence-corrected chi connectivity index (χ1v) is 10.8. The SMILES string of the molecule is C[C@@H]1CN(c2cccc(-c3csc(NC(=O)CNC(=O)OC(C)(C)C)n3)c2)CCO1. The highest BCUT2D eigenvalue weighted by molar-refractivity contribution is 7.14. The Morgan fingerprint density at radius 3 is 2.90 bits per heavy atom. The molecule has 8 nitrogen and oxygen atoms in total. The van der Waals surface area contributed by atoms with Crippen molar-refractivity contribution in [1.29, 1.82) is 0 Å². The summed E-state index contributed by atoms with van der Waals surface area (Å²) in [5.41, 5.74) is 2.29. The molecular formula is C21H28N4O4S. The van der Waals surface area contributed by atoms with E-state index in [0.29, 0.717) is 5.13 Å². The molecule has 1 aromatic carbocycles. The zero-order valence-corrected chi connectivity index (χ0v) is 18.5. The number of thiazole rings is 1. The number of nitrogens with zero attached hydrogens (tertiary/aromatic N) is 2. The number of ether oxygens (including phenoxy) is 2. The molecule has 0 saturated carbocycles. The molecule has 1 aromatic heterocycles. The Balaban J connectivity index is 1.58. The number of amides is 2. The Hall–Kier alpha value is -2.65. The number of carbonyl (C=O) groups is 2. The van der Waals surface area contributed by atoms with Crippen LogP contribution in [-0.4, -0.2) is 54.9 Å². The van der Waals surface area contributed by atoms with Gasteiger partial charge in [-0.15, -0.1) is 11.3 Å². The molecule has 1 fully saturated rings. The van der Waals surface area contributed by atoms with Gasteiger partial charge in [-0.2, -0.15) is 0 Å². The van der Waals surface area contributed by atoms with Crippen molar-refractivity contribution in [3.8, 4) is 11.3 Å².